The van der Waals surface area contributed by atoms with Crippen LogP contribution in [0.3, 0.4) is 0 Å². The van der Waals surface area contributed by atoms with E-state index < -0.39 is 0 Å². The van der Waals surface area contributed by atoms with Crippen LogP contribution in [0.5, 0.6) is 0 Å². The van der Waals surface area contributed by atoms with Crippen LogP contribution in [0.15, 0.2) is 0 Å². The van der Waals surface area contributed by atoms with E-state index in [0.717, 1.165) is 0 Å². The van der Waals surface area contributed by atoms with Crippen LogP contribution in [0.25, 0.3) is 0 Å². The minimum Gasteiger partial charge on any atom is -0.332 e. The Morgan fingerprint density at radius 1 is 1.11 bits per heavy atom. The van der Waals surface area contributed by atoms with Gasteiger partial charge >= 0.3 is 0 Å². The summed E-state index contributed by atoms with van der Waals surface area (Å²) >= 11 is 0. The van der Waals surface area contributed by atoms with Gasteiger partial charge in [-0.15, -0.1) is 0 Å². The smallest absolute Gasteiger partial charge is 0 e. The molecule has 0 radical (unpaired) electrons. The first-order valence-corrected chi connectivity index (χ1v) is 3.69. The van der Waals surface area contributed by atoms with E-state index in [1.807, 2.05) is 0 Å². The Balaban J connectivity index is 0. The zero-order chi connectivity index (χ0) is 6.24. The molecule has 0 aromatic heterocycles. The van der Waals surface area contributed by atoms with Crippen LogP contribution in [-0.4, -0.2) is 0 Å². The molecule has 52 valence electrons. The van der Waals surface area contributed by atoms with E-state index in [2.05, 4.69) is 20.3 Å². The maximum absolute atomic E-state index is 2.25. The topological polar surface area (TPSA) is 0 Å². The van der Waals surface area contributed by atoms with Crippen LogP contribution < -0.4 is 0 Å². The molecule has 0 aliphatic rings. The van der Waals surface area contributed by atoms with Gasteiger partial charge in [-0.1, -0.05) is 32.6 Å². The second-order valence-corrected chi connectivity index (χ2v) is 2.26. The first kappa shape index (κ1) is 12.3. The zero-order valence-electron chi connectivity index (χ0n) is 6.82. The molecule has 0 fully saturated rings. The van der Waals surface area contributed by atoms with Crippen molar-refractivity contribution in [1.29, 1.82) is 0 Å². The minimum absolute atomic E-state index is 0. The predicted octanol–water partition coefficient (Wildman–Crippen LogP) is 3.18. The van der Waals surface area contributed by atoms with E-state index in [-0.39, 0.29) is 19.5 Å². The van der Waals surface area contributed by atoms with Crippen molar-refractivity contribution in [2.24, 2.45) is 0 Å². The molecule has 0 N–H and O–H groups in total. The molecule has 0 spiro atoms. The maximum atomic E-state index is 2.25. The molecule has 0 atom stereocenters. The van der Waals surface area contributed by atoms with Gasteiger partial charge in [0.2, 0.25) is 0 Å². The monoisotopic (exact) mass is 177 g/mol. The molecular formula is C8H17Zn-. The van der Waals surface area contributed by atoms with Gasteiger partial charge in [-0.25, -0.2) is 0 Å². The number of rotatable bonds is 5. The van der Waals surface area contributed by atoms with Gasteiger partial charge < -0.3 is 6.42 Å². The predicted molar refractivity (Wildman–Crippen MR) is 38.7 cm³/mol. The summed E-state index contributed by atoms with van der Waals surface area (Å²) in [6.07, 6.45) is 9.12. The first-order valence-electron chi connectivity index (χ1n) is 3.69. The Hall–Kier alpha value is 0.623. The summed E-state index contributed by atoms with van der Waals surface area (Å²) in [6.45, 7) is 4.38. The fourth-order valence-electron chi connectivity index (χ4n) is 0.775. The van der Waals surface area contributed by atoms with E-state index in [1.54, 1.807) is 0 Å². The average molecular weight is 179 g/mol. The van der Waals surface area contributed by atoms with Crippen LogP contribution in [0.4, 0.5) is 0 Å². The van der Waals surface area contributed by atoms with Gasteiger partial charge in [-0.05, 0) is 0 Å². The third-order valence-electron chi connectivity index (χ3n) is 1.35. The molecular weight excluding hydrogens is 161 g/mol. The third-order valence-corrected chi connectivity index (χ3v) is 1.35. The summed E-state index contributed by atoms with van der Waals surface area (Å²) in [5, 5.41) is 0. The van der Waals surface area contributed by atoms with Crippen molar-refractivity contribution in [1.82, 2.24) is 0 Å². The van der Waals surface area contributed by atoms with Crippen molar-refractivity contribution < 1.29 is 19.5 Å². The van der Waals surface area contributed by atoms with Gasteiger partial charge in [-0.2, -0.15) is 13.3 Å². The first-order chi connectivity index (χ1) is 3.91. The standard InChI is InChI=1S/C8H17.Zn/c1-3-5-7-8-6-4-2;/h3H,4-8H2,1-2H3;/q-1;. The van der Waals surface area contributed by atoms with Crippen molar-refractivity contribution in [3.8, 4) is 0 Å². The Bertz CT molecular complexity index is 29.5. The van der Waals surface area contributed by atoms with Crippen molar-refractivity contribution in [2.75, 3.05) is 0 Å². The molecule has 1 heteroatoms. The molecule has 0 saturated carbocycles. The van der Waals surface area contributed by atoms with E-state index in [0.29, 0.717) is 0 Å². The fourth-order valence-corrected chi connectivity index (χ4v) is 0.775. The van der Waals surface area contributed by atoms with Crippen LogP contribution in [0.2, 0.25) is 0 Å². The summed E-state index contributed by atoms with van der Waals surface area (Å²) < 4.78 is 0. The van der Waals surface area contributed by atoms with Gasteiger partial charge in [0.25, 0.3) is 0 Å². The Kier molecular flexibility index (Phi) is 15.6. The van der Waals surface area contributed by atoms with Crippen molar-refractivity contribution in [3.05, 3.63) is 6.42 Å². The zero-order valence-corrected chi connectivity index (χ0v) is 9.79. The Labute approximate surface area is 72.2 Å². The molecule has 0 aliphatic heterocycles. The number of hydrogen-bond donors (Lipinski definition) is 0. The van der Waals surface area contributed by atoms with E-state index in [9.17, 15) is 0 Å². The largest absolute Gasteiger partial charge is 0.332 e. The van der Waals surface area contributed by atoms with E-state index >= 15 is 0 Å². The average Bonchev–Trinajstić information content (AvgIpc) is 1.81. The maximum Gasteiger partial charge on any atom is 0 e. The SMILES string of the molecule is C[CH-]CCCCCC.[Zn]. The molecule has 0 bridgehead atoms. The van der Waals surface area contributed by atoms with E-state index in [1.165, 1.54) is 32.1 Å². The summed E-state index contributed by atoms with van der Waals surface area (Å²) in [5.41, 5.74) is 0. The van der Waals surface area contributed by atoms with Crippen molar-refractivity contribution in [3.63, 3.8) is 0 Å². The van der Waals surface area contributed by atoms with Crippen molar-refractivity contribution in [2.45, 2.75) is 46.0 Å². The molecule has 0 amide bonds. The van der Waals surface area contributed by atoms with E-state index in [4.69, 9.17) is 0 Å². The van der Waals surface area contributed by atoms with Crippen LogP contribution >= 0.6 is 0 Å². The molecule has 0 unspecified atom stereocenters. The molecule has 0 aliphatic carbocycles. The van der Waals surface area contributed by atoms with Gasteiger partial charge in [0.1, 0.15) is 0 Å². The molecule has 0 aromatic rings. The normalized spacial score (nSPS) is 8.67. The van der Waals surface area contributed by atoms with Crippen LogP contribution in [0.1, 0.15) is 46.0 Å². The third kappa shape index (κ3) is 12.0. The van der Waals surface area contributed by atoms with Gasteiger partial charge in [0, 0.05) is 19.5 Å². The summed E-state index contributed by atoms with van der Waals surface area (Å²) in [6, 6.07) is 0. The Morgan fingerprint density at radius 2 is 1.78 bits per heavy atom. The fraction of sp³-hybridized carbons (Fsp3) is 0.875. The Morgan fingerprint density at radius 3 is 2.22 bits per heavy atom. The number of hydrogen-bond acceptors (Lipinski definition) is 0. The van der Waals surface area contributed by atoms with Crippen LogP contribution in [0, 0.1) is 6.42 Å². The molecule has 0 heterocycles. The summed E-state index contributed by atoms with van der Waals surface area (Å²) in [4.78, 5) is 0. The molecule has 0 nitrogen and oxygen atoms in total. The minimum atomic E-state index is 0. The van der Waals surface area contributed by atoms with Gasteiger partial charge in [0.15, 0.2) is 0 Å². The second-order valence-electron chi connectivity index (χ2n) is 2.26. The molecule has 0 aromatic carbocycles. The molecule has 9 heavy (non-hydrogen) atoms. The van der Waals surface area contributed by atoms with Gasteiger partial charge in [-0.3, -0.25) is 0 Å². The van der Waals surface area contributed by atoms with Gasteiger partial charge in [0.05, 0.1) is 0 Å². The summed E-state index contributed by atoms with van der Waals surface area (Å²) in [5.74, 6) is 0. The molecule has 0 rings (SSSR count). The summed E-state index contributed by atoms with van der Waals surface area (Å²) in [7, 11) is 0. The van der Waals surface area contributed by atoms with Crippen molar-refractivity contribution >= 4 is 0 Å². The van der Waals surface area contributed by atoms with Crippen LogP contribution in [-0.2, 0) is 19.5 Å². The molecule has 0 saturated heterocycles. The quantitative estimate of drug-likeness (QED) is 0.345. The second kappa shape index (κ2) is 11.4. The number of unbranched alkanes of at least 4 members (excludes halogenated alkanes) is 5.